The first-order valence-corrected chi connectivity index (χ1v) is 8.11. The number of hydrogen-bond donors (Lipinski definition) is 2. The Bertz CT molecular complexity index is 697. The summed E-state index contributed by atoms with van der Waals surface area (Å²) < 4.78 is 6.97. The summed E-state index contributed by atoms with van der Waals surface area (Å²) in [6.45, 7) is 4.19. The highest BCUT2D eigenvalue weighted by molar-refractivity contribution is 6.00. The molecule has 0 radical (unpaired) electrons. The van der Waals surface area contributed by atoms with E-state index in [4.69, 9.17) is 4.74 Å². The fourth-order valence-electron chi connectivity index (χ4n) is 2.46. The highest BCUT2D eigenvalue weighted by Gasteiger charge is 2.21. The molecule has 0 saturated heterocycles. The zero-order valence-electron chi connectivity index (χ0n) is 14.6. The molecular formula is C18H25N3O3. The number of aryl methyl sites for hydroxylation is 1. The standard InChI is InChI=1S/C18H25N3O3/c1-5-12(2)15(22)10-19-18(23)14-11-21(3)20-17(14)13-8-6-7-9-16(13)24-4/h6-9,11-12,15,22H,5,10H2,1-4H3,(H,19,23). The number of hydrogen-bond acceptors (Lipinski definition) is 4. The molecule has 0 fully saturated rings. The molecule has 0 aliphatic rings. The van der Waals surface area contributed by atoms with Gasteiger partial charge >= 0.3 is 0 Å². The Labute approximate surface area is 142 Å². The summed E-state index contributed by atoms with van der Waals surface area (Å²) in [6, 6.07) is 7.44. The first-order valence-electron chi connectivity index (χ1n) is 8.11. The summed E-state index contributed by atoms with van der Waals surface area (Å²) >= 11 is 0. The van der Waals surface area contributed by atoms with Gasteiger partial charge in [0.1, 0.15) is 11.4 Å². The van der Waals surface area contributed by atoms with E-state index < -0.39 is 6.10 Å². The molecular weight excluding hydrogens is 306 g/mol. The maximum atomic E-state index is 12.6. The number of nitrogens with zero attached hydrogens (tertiary/aromatic N) is 2. The lowest BCUT2D eigenvalue weighted by Gasteiger charge is -2.17. The van der Waals surface area contributed by atoms with E-state index in [-0.39, 0.29) is 18.4 Å². The van der Waals surface area contributed by atoms with Crippen LogP contribution < -0.4 is 10.1 Å². The highest BCUT2D eigenvalue weighted by atomic mass is 16.5. The van der Waals surface area contributed by atoms with Crippen LogP contribution in [0.2, 0.25) is 0 Å². The fraction of sp³-hybridized carbons (Fsp3) is 0.444. The number of methoxy groups -OCH3 is 1. The van der Waals surface area contributed by atoms with Crippen LogP contribution in [0.15, 0.2) is 30.5 Å². The van der Waals surface area contributed by atoms with Gasteiger partial charge in [0.25, 0.3) is 5.91 Å². The normalized spacial score (nSPS) is 13.4. The number of carbonyl (C=O) groups is 1. The Morgan fingerprint density at radius 2 is 2.12 bits per heavy atom. The predicted molar refractivity (Wildman–Crippen MR) is 93.0 cm³/mol. The number of amides is 1. The van der Waals surface area contributed by atoms with Gasteiger partial charge in [0.15, 0.2) is 0 Å². The molecule has 0 aliphatic carbocycles. The lowest BCUT2D eigenvalue weighted by molar-refractivity contribution is 0.0850. The van der Waals surface area contributed by atoms with Crippen LogP contribution in [0.4, 0.5) is 0 Å². The molecule has 1 aromatic carbocycles. The van der Waals surface area contributed by atoms with Gasteiger partial charge in [-0.25, -0.2) is 0 Å². The van der Waals surface area contributed by atoms with Gasteiger partial charge < -0.3 is 15.2 Å². The van der Waals surface area contributed by atoms with Crippen LogP contribution in [0.3, 0.4) is 0 Å². The monoisotopic (exact) mass is 331 g/mol. The molecule has 6 heteroatoms. The van der Waals surface area contributed by atoms with Crippen LogP contribution in [0, 0.1) is 5.92 Å². The van der Waals surface area contributed by atoms with Gasteiger partial charge in [0.05, 0.1) is 18.8 Å². The number of carbonyl (C=O) groups excluding carboxylic acids is 1. The van der Waals surface area contributed by atoms with Crippen LogP contribution in [-0.2, 0) is 7.05 Å². The number of ether oxygens (including phenoxy) is 1. The van der Waals surface area contributed by atoms with Crippen LogP contribution >= 0.6 is 0 Å². The lowest BCUT2D eigenvalue weighted by atomic mass is 10.0. The zero-order chi connectivity index (χ0) is 17.7. The van der Waals surface area contributed by atoms with Crippen molar-refractivity contribution in [1.29, 1.82) is 0 Å². The largest absolute Gasteiger partial charge is 0.496 e. The minimum Gasteiger partial charge on any atom is -0.496 e. The van der Waals surface area contributed by atoms with Gasteiger partial charge in [0.2, 0.25) is 0 Å². The van der Waals surface area contributed by atoms with Crippen molar-refractivity contribution in [3.8, 4) is 17.0 Å². The summed E-state index contributed by atoms with van der Waals surface area (Å²) in [6.07, 6.45) is 1.97. The quantitative estimate of drug-likeness (QED) is 0.816. The highest BCUT2D eigenvalue weighted by Crippen LogP contribution is 2.30. The molecule has 0 aliphatic heterocycles. The second kappa shape index (κ2) is 7.97. The maximum absolute atomic E-state index is 12.6. The number of aliphatic hydroxyl groups is 1. The van der Waals surface area contributed by atoms with E-state index in [0.29, 0.717) is 17.0 Å². The summed E-state index contributed by atoms with van der Waals surface area (Å²) in [4.78, 5) is 12.6. The van der Waals surface area contributed by atoms with Gasteiger partial charge in [-0.05, 0) is 18.1 Å². The Balaban J connectivity index is 2.24. The van der Waals surface area contributed by atoms with Crippen molar-refractivity contribution in [3.63, 3.8) is 0 Å². The molecule has 2 atom stereocenters. The molecule has 2 aromatic rings. The van der Waals surface area contributed by atoms with Crippen LogP contribution in [0.1, 0.15) is 30.6 Å². The van der Waals surface area contributed by atoms with E-state index in [9.17, 15) is 9.90 Å². The van der Waals surface area contributed by atoms with Crippen LogP contribution in [-0.4, -0.2) is 40.6 Å². The SMILES string of the molecule is CCC(C)C(O)CNC(=O)c1cn(C)nc1-c1ccccc1OC. The van der Waals surface area contributed by atoms with Crippen molar-refractivity contribution in [2.75, 3.05) is 13.7 Å². The van der Waals surface area contributed by atoms with Gasteiger partial charge in [-0.15, -0.1) is 0 Å². The molecule has 2 N–H and O–H groups in total. The van der Waals surface area contributed by atoms with Gasteiger partial charge in [-0.2, -0.15) is 5.10 Å². The Morgan fingerprint density at radius 1 is 1.42 bits per heavy atom. The Morgan fingerprint density at radius 3 is 2.79 bits per heavy atom. The first kappa shape index (κ1) is 18.0. The average molecular weight is 331 g/mol. The van der Waals surface area contributed by atoms with E-state index in [1.165, 1.54) is 0 Å². The number of para-hydroxylation sites is 1. The molecule has 2 rings (SSSR count). The van der Waals surface area contributed by atoms with Crippen LogP contribution in [0.25, 0.3) is 11.3 Å². The van der Waals surface area contributed by atoms with E-state index in [1.54, 1.807) is 25.0 Å². The third-order valence-electron chi connectivity index (χ3n) is 4.21. The average Bonchev–Trinajstić information content (AvgIpc) is 3.00. The second-order valence-electron chi connectivity index (χ2n) is 5.93. The molecule has 6 nitrogen and oxygen atoms in total. The molecule has 1 heterocycles. The van der Waals surface area contributed by atoms with E-state index in [2.05, 4.69) is 10.4 Å². The van der Waals surface area contributed by atoms with Crippen molar-refractivity contribution in [2.24, 2.45) is 13.0 Å². The third kappa shape index (κ3) is 3.94. The summed E-state index contributed by atoms with van der Waals surface area (Å²) in [5.41, 5.74) is 1.78. The van der Waals surface area contributed by atoms with E-state index in [1.807, 2.05) is 38.1 Å². The Hall–Kier alpha value is -2.34. The third-order valence-corrected chi connectivity index (χ3v) is 4.21. The number of rotatable bonds is 7. The molecule has 0 spiro atoms. The Kier molecular flexibility index (Phi) is 5.98. The van der Waals surface area contributed by atoms with E-state index >= 15 is 0 Å². The number of nitrogens with one attached hydrogen (secondary N) is 1. The van der Waals surface area contributed by atoms with E-state index in [0.717, 1.165) is 12.0 Å². The topological polar surface area (TPSA) is 76.4 Å². The van der Waals surface area contributed by atoms with Crippen LogP contribution in [0.5, 0.6) is 5.75 Å². The minimum atomic E-state index is -0.565. The summed E-state index contributed by atoms with van der Waals surface area (Å²) in [5.74, 6) is 0.532. The summed E-state index contributed by atoms with van der Waals surface area (Å²) in [7, 11) is 3.35. The molecule has 0 saturated carbocycles. The molecule has 2 unspecified atom stereocenters. The van der Waals surface area contributed by atoms with Crippen molar-refractivity contribution < 1.29 is 14.6 Å². The molecule has 1 aromatic heterocycles. The summed E-state index contributed by atoms with van der Waals surface area (Å²) in [5, 5.41) is 17.2. The maximum Gasteiger partial charge on any atom is 0.255 e. The van der Waals surface area contributed by atoms with Crippen molar-refractivity contribution in [1.82, 2.24) is 15.1 Å². The van der Waals surface area contributed by atoms with Gasteiger partial charge in [-0.1, -0.05) is 32.4 Å². The minimum absolute atomic E-state index is 0.132. The fourth-order valence-corrected chi connectivity index (χ4v) is 2.46. The second-order valence-corrected chi connectivity index (χ2v) is 5.93. The predicted octanol–water partition coefficient (Wildman–Crippen LogP) is 2.23. The lowest BCUT2D eigenvalue weighted by Crippen LogP contribution is -2.35. The molecule has 24 heavy (non-hydrogen) atoms. The number of benzene rings is 1. The molecule has 1 amide bonds. The molecule has 130 valence electrons. The molecule has 0 bridgehead atoms. The number of aromatic nitrogens is 2. The van der Waals surface area contributed by atoms with Gasteiger partial charge in [-0.3, -0.25) is 9.48 Å². The van der Waals surface area contributed by atoms with Crippen molar-refractivity contribution >= 4 is 5.91 Å². The first-order chi connectivity index (χ1) is 11.5. The van der Waals surface area contributed by atoms with Crippen molar-refractivity contribution in [3.05, 3.63) is 36.0 Å². The van der Waals surface area contributed by atoms with Gasteiger partial charge in [0, 0.05) is 25.4 Å². The number of aliphatic hydroxyl groups excluding tert-OH is 1. The van der Waals surface area contributed by atoms with Crippen molar-refractivity contribution in [2.45, 2.75) is 26.4 Å². The smallest absolute Gasteiger partial charge is 0.255 e. The zero-order valence-corrected chi connectivity index (χ0v) is 14.6.